The van der Waals surface area contributed by atoms with Crippen molar-refractivity contribution < 1.29 is 4.79 Å². The predicted molar refractivity (Wildman–Crippen MR) is 96.3 cm³/mol. The highest BCUT2D eigenvalue weighted by molar-refractivity contribution is 6.35. The van der Waals surface area contributed by atoms with Gasteiger partial charge in [0.1, 0.15) is 17.3 Å². The minimum Gasteiger partial charge on any atom is -0.339 e. The van der Waals surface area contributed by atoms with Crippen molar-refractivity contribution in [1.82, 2.24) is 14.9 Å². The standard InChI is InChI=1S/C17H18Cl2N4O/c1-11-20-15(17(24)23-7-3-2-4-8-23)10-16(21-11)22-14-9-12(18)5-6-13(14)19/h5-6,9-10H,2-4,7-8H2,1H3,(H,20,21,22). The number of amides is 1. The Morgan fingerprint density at radius 2 is 1.88 bits per heavy atom. The molecule has 7 heteroatoms. The number of rotatable bonds is 3. The molecule has 0 aliphatic carbocycles. The highest BCUT2D eigenvalue weighted by Crippen LogP contribution is 2.28. The Labute approximate surface area is 151 Å². The lowest BCUT2D eigenvalue weighted by atomic mass is 10.1. The normalized spacial score (nSPS) is 14.5. The highest BCUT2D eigenvalue weighted by atomic mass is 35.5. The van der Waals surface area contributed by atoms with Gasteiger partial charge in [-0.3, -0.25) is 4.79 Å². The molecule has 1 N–H and O–H groups in total. The average molecular weight is 365 g/mol. The zero-order chi connectivity index (χ0) is 17.1. The topological polar surface area (TPSA) is 58.1 Å². The summed E-state index contributed by atoms with van der Waals surface area (Å²) >= 11 is 12.2. The Bertz CT molecular complexity index is 760. The van der Waals surface area contributed by atoms with Crippen molar-refractivity contribution >= 4 is 40.6 Å². The SMILES string of the molecule is Cc1nc(Nc2cc(Cl)ccc2Cl)cc(C(=O)N2CCCCC2)n1. The third-order valence-electron chi connectivity index (χ3n) is 3.89. The summed E-state index contributed by atoms with van der Waals surface area (Å²) in [5.41, 5.74) is 1.03. The highest BCUT2D eigenvalue weighted by Gasteiger charge is 2.20. The number of hydrogen-bond acceptors (Lipinski definition) is 4. The Morgan fingerprint density at radius 1 is 1.12 bits per heavy atom. The van der Waals surface area contributed by atoms with Crippen LogP contribution >= 0.6 is 23.2 Å². The summed E-state index contributed by atoms with van der Waals surface area (Å²) in [5, 5.41) is 4.21. The molecule has 3 rings (SSSR count). The number of aryl methyl sites for hydroxylation is 1. The van der Waals surface area contributed by atoms with Crippen molar-refractivity contribution in [3.8, 4) is 0 Å². The van der Waals surface area contributed by atoms with Gasteiger partial charge in [0.2, 0.25) is 0 Å². The Hall–Kier alpha value is -1.85. The van der Waals surface area contributed by atoms with Crippen molar-refractivity contribution in [3.05, 3.63) is 45.8 Å². The summed E-state index contributed by atoms with van der Waals surface area (Å²) in [6.07, 6.45) is 3.25. The molecule has 1 fully saturated rings. The maximum atomic E-state index is 12.6. The number of piperidine rings is 1. The summed E-state index contributed by atoms with van der Waals surface area (Å²) in [5.74, 6) is 0.992. The fraction of sp³-hybridized carbons (Fsp3) is 0.353. The van der Waals surface area contributed by atoms with Gasteiger partial charge in [0.05, 0.1) is 10.7 Å². The summed E-state index contributed by atoms with van der Waals surface area (Å²) in [6, 6.07) is 6.79. The largest absolute Gasteiger partial charge is 0.339 e. The minimum atomic E-state index is -0.0551. The zero-order valence-electron chi connectivity index (χ0n) is 13.4. The van der Waals surface area contributed by atoms with E-state index in [-0.39, 0.29) is 5.91 Å². The van der Waals surface area contributed by atoms with Crippen LogP contribution in [-0.4, -0.2) is 33.9 Å². The average Bonchev–Trinajstić information content (AvgIpc) is 2.58. The molecule has 1 aromatic heterocycles. The minimum absolute atomic E-state index is 0.0551. The fourth-order valence-corrected chi connectivity index (χ4v) is 3.07. The lowest BCUT2D eigenvalue weighted by molar-refractivity contribution is 0.0718. The van der Waals surface area contributed by atoms with Gasteiger partial charge in [0, 0.05) is 24.2 Å². The van der Waals surface area contributed by atoms with E-state index in [1.165, 1.54) is 6.42 Å². The van der Waals surface area contributed by atoms with Gasteiger partial charge in [-0.1, -0.05) is 23.2 Å². The van der Waals surface area contributed by atoms with Gasteiger partial charge in [0.15, 0.2) is 0 Å². The van der Waals surface area contributed by atoms with Crippen LogP contribution in [0.5, 0.6) is 0 Å². The number of likely N-dealkylation sites (tertiary alicyclic amines) is 1. The molecule has 0 bridgehead atoms. The predicted octanol–water partition coefficient (Wildman–Crippen LogP) is 4.46. The number of hydrogen-bond donors (Lipinski definition) is 1. The van der Waals surface area contributed by atoms with Crippen LogP contribution in [0.2, 0.25) is 10.0 Å². The lowest BCUT2D eigenvalue weighted by Crippen LogP contribution is -2.36. The van der Waals surface area contributed by atoms with E-state index in [1.54, 1.807) is 31.2 Å². The molecule has 1 aliphatic rings. The monoisotopic (exact) mass is 364 g/mol. The van der Waals surface area contributed by atoms with Crippen LogP contribution in [0.4, 0.5) is 11.5 Å². The smallest absolute Gasteiger partial charge is 0.272 e. The number of anilines is 2. The number of benzene rings is 1. The van der Waals surface area contributed by atoms with E-state index in [1.807, 2.05) is 4.90 Å². The molecular weight excluding hydrogens is 347 g/mol. The molecule has 0 unspecified atom stereocenters. The van der Waals surface area contributed by atoms with Gasteiger partial charge < -0.3 is 10.2 Å². The first kappa shape index (κ1) is 17.0. The quantitative estimate of drug-likeness (QED) is 0.873. The second kappa shape index (κ2) is 7.36. The van der Waals surface area contributed by atoms with Crippen molar-refractivity contribution in [2.75, 3.05) is 18.4 Å². The van der Waals surface area contributed by atoms with E-state index < -0.39 is 0 Å². The number of nitrogens with zero attached hydrogens (tertiary/aromatic N) is 3. The van der Waals surface area contributed by atoms with E-state index in [0.29, 0.717) is 33.1 Å². The molecule has 0 saturated carbocycles. The van der Waals surface area contributed by atoms with Gasteiger partial charge in [-0.25, -0.2) is 9.97 Å². The van der Waals surface area contributed by atoms with Crippen LogP contribution in [0, 0.1) is 6.92 Å². The number of halogens is 2. The first-order chi connectivity index (χ1) is 11.5. The summed E-state index contributed by atoms with van der Waals surface area (Å²) in [6.45, 7) is 3.33. The van der Waals surface area contributed by atoms with Crippen molar-refractivity contribution in [3.63, 3.8) is 0 Å². The Balaban J connectivity index is 1.85. The van der Waals surface area contributed by atoms with Crippen LogP contribution < -0.4 is 5.32 Å². The first-order valence-corrected chi connectivity index (χ1v) is 8.65. The maximum absolute atomic E-state index is 12.6. The number of carbonyl (C=O) groups excluding carboxylic acids is 1. The van der Waals surface area contributed by atoms with Crippen LogP contribution in [0.15, 0.2) is 24.3 Å². The molecule has 1 aliphatic heterocycles. The molecule has 24 heavy (non-hydrogen) atoms. The van der Waals surface area contributed by atoms with E-state index in [2.05, 4.69) is 15.3 Å². The summed E-state index contributed by atoms with van der Waals surface area (Å²) in [7, 11) is 0. The van der Waals surface area contributed by atoms with Crippen LogP contribution in [0.25, 0.3) is 0 Å². The second-order valence-corrected chi connectivity index (χ2v) is 6.63. The molecule has 1 amide bonds. The van der Waals surface area contributed by atoms with Crippen molar-refractivity contribution in [1.29, 1.82) is 0 Å². The van der Waals surface area contributed by atoms with Gasteiger partial charge in [-0.2, -0.15) is 0 Å². The molecule has 2 heterocycles. The van der Waals surface area contributed by atoms with Crippen LogP contribution in [-0.2, 0) is 0 Å². The molecular formula is C17H18Cl2N4O. The maximum Gasteiger partial charge on any atom is 0.272 e. The molecule has 0 radical (unpaired) electrons. The molecule has 1 aromatic carbocycles. The van der Waals surface area contributed by atoms with Crippen LogP contribution in [0.3, 0.4) is 0 Å². The van der Waals surface area contributed by atoms with Gasteiger partial charge in [-0.15, -0.1) is 0 Å². The molecule has 1 saturated heterocycles. The van der Waals surface area contributed by atoms with Crippen molar-refractivity contribution in [2.45, 2.75) is 26.2 Å². The van der Waals surface area contributed by atoms with Gasteiger partial charge >= 0.3 is 0 Å². The molecule has 0 spiro atoms. The van der Waals surface area contributed by atoms with Gasteiger partial charge in [0.25, 0.3) is 5.91 Å². The molecule has 0 atom stereocenters. The first-order valence-electron chi connectivity index (χ1n) is 7.90. The van der Waals surface area contributed by atoms with E-state index in [0.717, 1.165) is 25.9 Å². The summed E-state index contributed by atoms with van der Waals surface area (Å²) < 4.78 is 0. The Morgan fingerprint density at radius 3 is 2.62 bits per heavy atom. The summed E-state index contributed by atoms with van der Waals surface area (Å²) in [4.78, 5) is 23.1. The third kappa shape index (κ3) is 3.97. The number of carbonyl (C=O) groups is 1. The van der Waals surface area contributed by atoms with Crippen LogP contribution in [0.1, 0.15) is 35.6 Å². The molecule has 2 aromatic rings. The van der Waals surface area contributed by atoms with E-state index in [9.17, 15) is 4.79 Å². The van der Waals surface area contributed by atoms with E-state index >= 15 is 0 Å². The zero-order valence-corrected chi connectivity index (χ0v) is 14.9. The van der Waals surface area contributed by atoms with Crippen molar-refractivity contribution in [2.24, 2.45) is 0 Å². The lowest BCUT2D eigenvalue weighted by Gasteiger charge is -2.26. The number of aromatic nitrogens is 2. The van der Waals surface area contributed by atoms with E-state index in [4.69, 9.17) is 23.2 Å². The number of nitrogens with one attached hydrogen (secondary N) is 1. The second-order valence-electron chi connectivity index (χ2n) is 5.79. The fourth-order valence-electron chi connectivity index (χ4n) is 2.73. The molecule has 5 nitrogen and oxygen atoms in total. The van der Waals surface area contributed by atoms with Gasteiger partial charge in [-0.05, 0) is 44.4 Å². The Kier molecular flexibility index (Phi) is 5.21. The molecule has 126 valence electrons. The third-order valence-corrected chi connectivity index (χ3v) is 4.46.